The molecule has 0 atom stereocenters. The lowest BCUT2D eigenvalue weighted by molar-refractivity contribution is -0.121. The minimum absolute atomic E-state index is 0.0626. The summed E-state index contributed by atoms with van der Waals surface area (Å²) in [6.07, 6.45) is 3.34. The number of rotatable bonds is 8. The fraction of sp³-hybridized carbons (Fsp3) is 0.269. The number of fused-ring (bicyclic) bond motifs is 1. The van der Waals surface area contributed by atoms with Crippen LogP contribution in [0, 0.1) is 0 Å². The number of ether oxygens (including phenoxy) is 1. The molecule has 3 heterocycles. The van der Waals surface area contributed by atoms with Gasteiger partial charge in [0, 0.05) is 51.0 Å². The second-order valence-corrected chi connectivity index (χ2v) is 8.51. The van der Waals surface area contributed by atoms with Crippen LogP contribution < -0.4 is 21.1 Å². The number of carbonyl (C=O) groups excluding carboxylic acids is 1. The normalized spacial score (nSPS) is 14.2. The van der Waals surface area contributed by atoms with Gasteiger partial charge in [-0.3, -0.25) is 9.69 Å². The van der Waals surface area contributed by atoms with Crippen molar-refractivity contribution in [1.29, 1.82) is 0 Å². The van der Waals surface area contributed by atoms with Gasteiger partial charge in [0.15, 0.2) is 0 Å². The van der Waals surface area contributed by atoms with Gasteiger partial charge < -0.3 is 25.7 Å². The summed E-state index contributed by atoms with van der Waals surface area (Å²) in [5, 5.41) is 7.09. The van der Waals surface area contributed by atoms with Gasteiger partial charge in [-0.2, -0.15) is 0 Å². The molecule has 1 saturated heterocycles. The summed E-state index contributed by atoms with van der Waals surface area (Å²) in [5.41, 5.74) is 8.68. The maximum absolute atomic E-state index is 12.7. The van der Waals surface area contributed by atoms with Gasteiger partial charge in [-0.25, -0.2) is 9.97 Å². The second kappa shape index (κ2) is 10.5. The van der Waals surface area contributed by atoms with Crippen LogP contribution in [0.3, 0.4) is 0 Å². The van der Waals surface area contributed by atoms with Gasteiger partial charge in [0.05, 0.1) is 5.39 Å². The van der Waals surface area contributed by atoms with Gasteiger partial charge in [0.25, 0.3) is 0 Å². The molecule has 9 nitrogen and oxygen atoms in total. The molecule has 0 spiro atoms. The molecule has 1 aliphatic heterocycles. The van der Waals surface area contributed by atoms with Gasteiger partial charge in [-0.1, -0.05) is 30.3 Å². The van der Waals surface area contributed by atoms with Crippen LogP contribution in [0.4, 0.5) is 5.82 Å². The third-order valence-corrected chi connectivity index (χ3v) is 6.10. The van der Waals surface area contributed by atoms with E-state index in [0.29, 0.717) is 18.0 Å². The molecule has 35 heavy (non-hydrogen) atoms. The van der Waals surface area contributed by atoms with Crippen LogP contribution in [0.1, 0.15) is 0 Å². The van der Waals surface area contributed by atoms with Gasteiger partial charge in [-0.15, -0.1) is 0 Å². The monoisotopic (exact) mass is 471 g/mol. The maximum atomic E-state index is 12.7. The molecule has 0 radical (unpaired) electrons. The third-order valence-electron chi connectivity index (χ3n) is 6.10. The minimum Gasteiger partial charge on any atom is -0.457 e. The molecule has 4 aromatic rings. The number of anilines is 1. The number of amides is 1. The summed E-state index contributed by atoms with van der Waals surface area (Å²) in [6, 6.07) is 17.4. The molecule has 0 aliphatic carbocycles. The van der Waals surface area contributed by atoms with E-state index in [2.05, 4.69) is 25.5 Å². The predicted octanol–water partition coefficient (Wildman–Crippen LogP) is 2.49. The lowest BCUT2D eigenvalue weighted by atomic mass is 10.1. The number of nitrogens with two attached hydrogens (primary N) is 1. The Morgan fingerprint density at radius 2 is 1.77 bits per heavy atom. The van der Waals surface area contributed by atoms with Gasteiger partial charge >= 0.3 is 0 Å². The Hall–Kier alpha value is -3.95. The molecule has 0 bridgehead atoms. The van der Waals surface area contributed by atoms with Crippen LogP contribution in [-0.4, -0.2) is 64.6 Å². The lowest BCUT2D eigenvalue weighted by Crippen LogP contribution is -2.46. The average Bonchev–Trinajstić information content (AvgIpc) is 3.25. The molecule has 5 rings (SSSR count). The summed E-state index contributed by atoms with van der Waals surface area (Å²) in [7, 11) is 0. The lowest BCUT2D eigenvalue weighted by Gasteiger charge is -2.27. The van der Waals surface area contributed by atoms with Crippen molar-refractivity contribution in [2.45, 2.75) is 6.54 Å². The van der Waals surface area contributed by atoms with Crippen molar-refractivity contribution in [2.75, 3.05) is 45.0 Å². The number of benzene rings is 2. The van der Waals surface area contributed by atoms with Crippen molar-refractivity contribution >= 4 is 22.8 Å². The molecule has 0 unspecified atom stereocenters. The van der Waals surface area contributed by atoms with Crippen molar-refractivity contribution < 1.29 is 9.53 Å². The molecular formula is C26H29N7O2. The fourth-order valence-electron chi connectivity index (χ4n) is 4.31. The Morgan fingerprint density at radius 1 is 1.03 bits per heavy atom. The zero-order chi connectivity index (χ0) is 24.0. The number of nitrogen functional groups attached to an aromatic ring is 1. The van der Waals surface area contributed by atoms with E-state index in [1.54, 1.807) is 0 Å². The number of hydrogen-bond acceptors (Lipinski definition) is 7. The van der Waals surface area contributed by atoms with Crippen molar-refractivity contribution in [3.05, 3.63) is 67.1 Å². The van der Waals surface area contributed by atoms with Gasteiger partial charge in [0.1, 0.15) is 35.8 Å². The van der Waals surface area contributed by atoms with Gasteiger partial charge in [-0.05, 0) is 29.8 Å². The molecule has 4 N–H and O–H groups in total. The van der Waals surface area contributed by atoms with E-state index in [0.717, 1.165) is 60.7 Å². The molecule has 2 aromatic carbocycles. The predicted molar refractivity (Wildman–Crippen MR) is 136 cm³/mol. The van der Waals surface area contributed by atoms with E-state index < -0.39 is 0 Å². The molecule has 1 fully saturated rings. The largest absolute Gasteiger partial charge is 0.457 e. The SMILES string of the molecule is Nc1ncnc2c1c(-c1ccc(Oc3ccccc3)cc1)cn2CC(=O)NCCN1CCNCC1. The second-order valence-electron chi connectivity index (χ2n) is 8.51. The van der Waals surface area contributed by atoms with Crippen LogP contribution in [0.2, 0.25) is 0 Å². The van der Waals surface area contributed by atoms with Crippen LogP contribution in [0.25, 0.3) is 22.2 Å². The summed E-state index contributed by atoms with van der Waals surface area (Å²) in [6.45, 7) is 5.62. The number of hydrogen-bond donors (Lipinski definition) is 3. The average molecular weight is 472 g/mol. The Bertz CT molecular complexity index is 1280. The fourth-order valence-corrected chi connectivity index (χ4v) is 4.31. The summed E-state index contributed by atoms with van der Waals surface area (Å²) in [4.78, 5) is 23.6. The topological polar surface area (TPSA) is 110 Å². The van der Waals surface area contributed by atoms with Crippen LogP contribution in [0.5, 0.6) is 11.5 Å². The van der Waals surface area contributed by atoms with E-state index >= 15 is 0 Å². The number of aromatic nitrogens is 3. The number of nitrogens with zero attached hydrogens (tertiary/aromatic N) is 4. The molecular weight excluding hydrogens is 442 g/mol. The van der Waals surface area contributed by atoms with E-state index in [9.17, 15) is 4.79 Å². The molecule has 1 aliphatic rings. The quantitative estimate of drug-likeness (QED) is 0.362. The Balaban J connectivity index is 1.31. The van der Waals surface area contributed by atoms with E-state index in [4.69, 9.17) is 10.5 Å². The Morgan fingerprint density at radius 3 is 2.54 bits per heavy atom. The van der Waals surface area contributed by atoms with E-state index in [1.165, 1.54) is 6.33 Å². The first-order chi connectivity index (χ1) is 17.2. The van der Waals surface area contributed by atoms with Gasteiger partial charge in [0.2, 0.25) is 5.91 Å². The highest BCUT2D eigenvalue weighted by molar-refractivity contribution is 6.01. The van der Waals surface area contributed by atoms with Crippen LogP contribution >= 0.6 is 0 Å². The number of carbonyl (C=O) groups is 1. The van der Waals surface area contributed by atoms with Crippen LogP contribution in [-0.2, 0) is 11.3 Å². The Kier molecular flexibility index (Phi) is 6.87. The molecule has 9 heteroatoms. The highest BCUT2D eigenvalue weighted by Crippen LogP contribution is 2.34. The molecule has 0 saturated carbocycles. The maximum Gasteiger partial charge on any atom is 0.240 e. The van der Waals surface area contributed by atoms with Crippen molar-refractivity contribution in [3.63, 3.8) is 0 Å². The standard InChI is InChI=1S/C26H29N7O2/c27-25-24-22(19-6-8-21(9-7-19)35-20-4-2-1-3-5-20)16-33(26(24)31-18-30-25)17-23(34)29-12-15-32-13-10-28-11-14-32/h1-9,16,18,28H,10-15,17H2,(H,29,34)(H2,27,30,31). The zero-order valence-corrected chi connectivity index (χ0v) is 19.5. The number of para-hydroxylation sites is 1. The zero-order valence-electron chi connectivity index (χ0n) is 19.5. The number of piperazine rings is 1. The smallest absolute Gasteiger partial charge is 0.240 e. The first-order valence-electron chi connectivity index (χ1n) is 11.8. The summed E-state index contributed by atoms with van der Waals surface area (Å²) >= 11 is 0. The third kappa shape index (κ3) is 5.42. The van der Waals surface area contributed by atoms with E-state index in [-0.39, 0.29) is 12.5 Å². The molecule has 1 amide bonds. The first kappa shape index (κ1) is 22.8. The summed E-state index contributed by atoms with van der Waals surface area (Å²) in [5.74, 6) is 1.83. The van der Waals surface area contributed by atoms with Crippen molar-refractivity contribution in [1.82, 2.24) is 30.1 Å². The Labute approximate surface area is 203 Å². The molecule has 180 valence electrons. The highest BCUT2D eigenvalue weighted by Gasteiger charge is 2.17. The first-order valence-corrected chi connectivity index (χ1v) is 11.8. The number of nitrogens with one attached hydrogen (secondary N) is 2. The van der Waals surface area contributed by atoms with E-state index in [1.807, 2.05) is 65.4 Å². The summed E-state index contributed by atoms with van der Waals surface area (Å²) < 4.78 is 7.74. The van der Waals surface area contributed by atoms with Crippen molar-refractivity contribution in [3.8, 4) is 22.6 Å². The molecule has 2 aromatic heterocycles. The van der Waals surface area contributed by atoms with Crippen molar-refractivity contribution in [2.24, 2.45) is 0 Å². The highest BCUT2D eigenvalue weighted by atomic mass is 16.5. The minimum atomic E-state index is -0.0626. The van der Waals surface area contributed by atoms with Crippen LogP contribution in [0.15, 0.2) is 67.1 Å².